The standard InChI is InChI=1S/C13H16O3/c1-4-15-12(14)11-13(3,16-11)10-7-5-9(2)6-8-10/h5-8,11H,4H2,1-3H3/t11-,13-/m0/s1. The molecule has 0 aromatic heterocycles. The van der Waals surface area contributed by atoms with Crippen LogP contribution >= 0.6 is 0 Å². The molecule has 16 heavy (non-hydrogen) atoms. The van der Waals surface area contributed by atoms with Crippen LogP contribution in [-0.2, 0) is 19.9 Å². The molecule has 1 aromatic carbocycles. The van der Waals surface area contributed by atoms with Gasteiger partial charge in [-0.15, -0.1) is 0 Å². The van der Waals surface area contributed by atoms with E-state index in [4.69, 9.17) is 9.47 Å². The second-order valence-corrected chi connectivity index (χ2v) is 4.22. The van der Waals surface area contributed by atoms with Gasteiger partial charge in [0.1, 0.15) is 5.60 Å². The molecule has 1 aromatic rings. The average Bonchev–Trinajstić information content (AvgIpc) is 2.93. The van der Waals surface area contributed by atoms with E-state index < -0.39 is 11.7 Å². The molecule has 3 heteroatoms. The van der Waals surface area contributed by atoms with Gasteiger partial charge in [0.15, 0.2) is 6.10 Å². The average molecular weight is 220 g/mol. The monoisotopic (exact) mass is 220 g/mol. The number of epoxide rings is 1. The number of hydrogen-bond donors (Lipinski definition) is 0. The summed E-state index contributed by atoms with van der Waals surface area (Å²) in [4.78, 5) is 11.5. The first-order chi connectivity index (χ1) is 7.58. The van der Waals surface area contributed by atoms with Crippen molar-refractivity contribution in [1.29, 1.82) is 0 Å². The molecular formula is C13H16O3. The first kappa shape index (κ1) is 11.1. The molecule has 0 N–H and O–H groups in total. The summed E-state index contributed by atoms with van der Waals surface area (Å²) in [6, 6.07) is 8.03. The highest BCUT2D eigenvalue weighted by Gasteiger charge is 2.59. The minimum Gasteiger partial charge on any atom is -0.464 e. The predicted octanol–water partition coefficient (Wildman–Crippen LogP) is 2.17. The molecule has 2 rings (SSSR count). The number of carbonyl (C=O) groups is 1. The van der Waals surface area contributed by atoms with E-state index in [-0.39, 0.29) is 5.97 Å². The SMILES string of the molecule is CCOC(=O)[C@@H]1O[C@@]1(C)c1ccc(C)cc1. The molecule has 0 spiro atoms. The molecule has 0 bridgehead atoms. The third-order valence-corrected chi connectivity index (χ3v) is 2.93. The van der Waals surface area contributed by atoms with Crippen molar-refractivity contribution in [3.05, 3.63) is 35.4 Å². The maximum absolute atomic E-state index is 11.5. The maximum Gasteiger partial charge on any atom is 0.338 e. The Bertz CT molecular complexity index is 396. The highest BCUT2D eigenvalue weighted by molar-refractivity contribution is 5.79. The van der Waals surface area contributed by atoms with Gasteiger partial charge in [0.05, 0.1) is 6.61 Å². The predicted molar refractivity (Wildman–Crippen MR) is 60.0 cm³/mol. The van der Waals surface area contributed by atoms with Gasteiger partial charge in [0.2, 0.25) is 0 Å². The fourth-order valence-electron chi connectivity index (χ4n) is 1.81. The van der Waals surface area contributed by atoms with Crippen LogP contribution in [0, 0.1) is 6.92 Å². The van der Waals surface area contributed by atoms with Crippen LogP contribution in [0.4, 0.5) is 0 Å². The molecule has 1 saturated heterocycles. The first-order valence-electron chi connectivity index (χ1n) is 5.49. The molecule has 0 radical (unpaired) electrons. The van der Waals surface area contributed by atoms with Gasteiger partial charge in [-0.05, 0) is 26.3 Å². The lowest BCUT2D eigenvalue weighted by atomic mass is 9.96. The Hall–Kier alpha value is -1.35. The molecule has 2 atom stereocenters. The highest BCUT2D eigenvalue weighted by Crippen LogP contribution is 2.46. The van der Waals surface area contributed by atoms with Crippen molar-refractivity contribution < 1.29 is 14.3 Å². The number of aryl methyl sites for hydroxylation is 1. The van der Waals surface area contributed by atoms with Crippen molar-refractivity contribution in [3.8, 4) is 0 Å². The van der Waals surface area contributed by atoms with E-state index in [1.165, 1.54) is 5.56 Å². The summed E-state index contributed by atoms with van der Waals surface area (Å²) < 4.78 is 10.4. The summed E-state index contributed by atoms with van der Waals surface area (Å²) in [6.45, 7) is 6.13. The van der Waals surface area contributed by atoms with Crippen molar-refractivity contribution in [3.63, 3.8) is 0 Å². The summed E-state index contributed by atoms with van der Waals surface area (Å²) in [6.07, 6.45) is -0.449. The van der Waals surface area contributed by atoms with Crippen molar-refractivity contribution in [2.24, 2.45) is 0 Å². The fraction of sp³-hybridized carbons (Fsp3) is 0.462. The summed E-state index contributed by atoms with van der Waals surface area (Å²) in [7, 11) is 0. The number of rotatable bonds is 3. The molecule has 0 saturated carbocycles. The third kappa shape index (κ3) is 1.83. The molecule has 1 fully saturated rings. The fourth-order valence-corrected chi connectivity index (χ4v) is 1.81. The van der Waals surface area contributed by atoms with E-state index in [2.05, 4.69) is 0 Å². The molecule has 86 valence electrons. The number of hydrogen-bond acceptors (Lipinski definition) is 3. The third-order valence-electron chi connectivity index (χ3n) is 2.93. The zero-order chi connectivity index (χ0) is 11.8. The maximum atomic E-state index is 11.5. The summed E-state index contributed by atoms with van der Waals surface area (Å²) in [5.74, 6) is -0.273. The lowest BCUT2D eigenvalue weighted by Gasteiger charge is -2.06. The summed E-state index contributed by atoms with van der Waals surface area (Å²) in [5.41, 5.74) is 1.72. The van der Waals surface area contributed by atoms with Crippen molar-refractivity contribution in [2.75, 3.05) is 6.61 Å². The van der Waals surface area contributed by atoms with Gasteiger partial charge in [-0.25, -0.2) is 4.79 Å². The van der Waals surface area contributed by atoms with Gasteiger partial charge >= 0.3 is 5.97 Å². The van der Waals surface area contributed by atoms with Gasteiger partial charge in [0, 0.05) is 0 Å². The normalized spacial score (nSPS) is 27.6. The summed E-state index contributed by atoms with van der Waals surface area (Å²) in [5, 5.41) is 0. The molecule has 0 amide bonds. The topological polar surface area (TPSA) is 38.8 Å². The van der Waals surface area contributed by atoms with Crippen LogP contribution in [-0.4, -0.2) is 18.7 Å². The van der Waals surface area contributed by atoms with Crippen molar-refractivity contribution >= 4 is 5.97 Å². The van der Waals surface area contributed by atoms with Gasteiger partial charge in [-0.2, -0.15) is 0 Å². The minimum atomic E-state index is -0.500. The van der Waals surface area contributed by atoms with Crippen LogP contribution in [0.3, 0.4) is 0 Å². The molecule has 1 aliphatic rings. The van der Waals surface area contributed by atoms with E-state index in [9.17, 15) is 4.79 Å². The minimum absolute atomic E-state index is 0.273. The Morgan fingerprint density at radius 3 is 2.62 bits per heavy atom. The van der Waals surface area contributed by atoms with Gasteiger partial charge in [-0.1, -0.05) is 29.8 Å². The van der Waals surface area contributed by atoms with Crippen molar-refractivity contribution in [1.82, 2.24) is 0 Å². The second-order valence-electron chi connectivity index (χ2n) is 4.22. The van der Waals surface area contributed by atoms with Crippen LogP contribution in [0.2, 0.25) is 0 Å². The molecule has 0 aliphatic carbocycles. The van der Waals surface area contributed by atoms with E-state index in [1.807, 2.05) is 38.1 Å². The number of carbonyl (C=O) groups excluding carboxylic acids is 1. The van der Waals surface area contributed by atoms with Gasteiger partial charge < -0.3 is 9.47 Å². The zero-order valence-corrected chi connectivity index (χ0v) is 9.82. The van der Waals surface area contributed by atoms with Crippen LogP contribution in [0.15, 0.2) is 24.3 Å². The van der Waals surface area contributed by atoms with E-state index >= 15 is 0 Å². The van der Waals surface area contributed by atoms with E-state index in [0.29, 0.717) is 6.61 Å². The first-order valence-corrected chi connectivity index (χ1v) is 5.49. The van der Waals surface area contributed by atoms with E-state index in [1.54, 1.807) is 6.92 Å². The Kier molecular flexibility index (Phi) is 2.72. The quantitative estimate of drug-likeness (QED) is 0.579. The van der Waals surface area contributed by atoms with Crippen LogP contribution in [0.25, 0.3) is 0 Å². The smallest absolute Gasteiger partial charge is 0.338 e. The molecule has 1 aliphatic heterocycles. The second kappa shape index (κ2) is 3.91. The Balaban J connectivity index is 2.12. The van der Waals surface area contributed by atoms with Crippen LogP contribution in [0.1, 0.15) is 25.0 Å². The molecule has 0 unspecified atom stereocenters. The lowest BCUT2D eigenvalue weighted by molar-refractivity contribution is -0.144. The Morgan fingerprint density at radius 2 is 2.06 bits per heavy atom. The number of ether oxygens (including phenoxy) is 2. The van der Waals surface area contributed by atoms with Gasteiger partial charge in [0.25, 0.3) is 0 Å². The van der Waals surface area contributed by atoms with Crippen LogP contribution < -0.4 is 0 Å². The Labute approximate surface area is 95.4 Å². The largest absolute Gasteiger partial charge is 0.464 e. The molecular weight excluding hydrogens is 204 g/mol. The van der Waals surface area contributed by atoms with Crippen molar-refractivity contribution in [2.45, 2.75) is 32.5 Å². The zero-order valence-electron chi connectivity index (χ0n) is 9.82. The highest BCUT2D eigenvalue weighted by atomic mass is 16.7. The molecule has 1 heterocycles. The Morgan fingerprint density at radius 1 is 1.44 bits per heavy atom. The number of esters is 1. The lowest BCUT2D eigenvalue weighted by Crippen LogP contribution is -2.18. The van der Waals surface area contributed by atoms with E-state index in [0.717, 1.165) is 5.56 Å². The van der Waals surface area contributed by atoms with Gasteiger partial charge in [-0.3, -0.25) is 0 Å². The molecule has 3 nitrogen and oxygen atoms in total. The summed E-state index contributed by atoms with van der Waals surface area (Å²) >= 11 is 0. The number of benzene rings is 1. The van der Waals surface area contributed by atoms with Crippen LogP contribution in [0.5, 0.6) is 0 Å².